The van der Waals surface area contributed by atoms with Crippen LogP contribution in [0, 0.1) is 5.92 Å². The number of aliphatic hydroxyl groups excluding tert-OH is 1. The van der Waals surface area contributed by atoms with Gasteiger partial charge in [-0.1, -0.05) is 42.4 Å². The Bertz CT molecular complexity index is 603. The monoisotopic (exact) mass is 328 g/mol. The Morgan fingerprint density at radius 2 is 2.00 bits per heavy atom. The fourth-order valence-corrected chi connectivity index (χ4v) is 3.51. The summed E-state index contributed by atoms with van der Waals surface area (Å²) in [4.78, 5) is 2.40. The normalized spacial score (nSPS) is 17.9. The molecule has 0 aliphatic carbocycles. The van der Waals surface area contributed by atoms with E-state index < -0.39 is 0 Å². The lowest BCUT2D eigenvalue weighted by molar-refractivity contribution is 0.0497. The average Bonchev–Trinajstić information content (AvgIpc) is 3.09. The zero-order chi connectivity index (χ0) is 16.8. The van der Waals surface area contributed by atoms with Crippen molar-refractivity contribution in [3.8, 4) is 0 Å². The van der Waals surface area contributed by atoms with E-state index in [1.165, 1.54) is 5.56 Å². The third-order valence-corrected chi connectivity index (χ3v) is 5.10. The Hall–Kier alpha value is -1.65. The summed E-state index contributed by atoms with van der Waals surface area (Å²) in [6.07, 6.45) is 4.66. The Morgan fingerprint density at radius 1 is 1.25 bits per heavy atom. The van der Waals surface area contributed by atoms with Gasteiger partial charge in [-0.15, -0.1) is 0 Å². The minimum Gasteiger partial charge on any atom is -0.393 e. The molecule has 130 valence electrons. The van der Waals surface area contributed by atoms with Gasteiger partial charge in [-0.25, -0.2) is 0 Å². The summed E-state index contributed by atoms with van der Waals surface area (Å²) in [5, 5.41) is 14.6. The number of piperidine rings is 1. The van der Waals surface area contributed by atoms with E-state index in [1.807, 2.05) is 6.07 Å². The van der Waals surface area contributed by atoms with Crippen LogP contribution in [-0.4, -0.2) is 34.4 Å². The van der Waals surface area contributed by atoms with Crippen molar-refractivity contribution in [2.24, 2.45) is 5.92 Å². The lowest BCUT2D eigenvalue weighted by atomic mass is 9.88. The summed E-state index contributed by atoms with van der Waals surface area (Å²) in [5.41, 5.74) is 2.34. The molecule has 4 heteroatoms. The molecule has 1 fully saturated rings. The third-order valence-electron chi connectivity index (χ3n) is 5.10. The maximum absolute atomic E-state index is 10.5. The molecule has 0 amide bonds. The van der Waals surface area contributed by atoms with Crippen LogP contribution in [0.4, 0.5) is 0 Å². The number of rotatable bonds is 7. The van der Waals surface area contributed by atoms with Gasteiger partial charge in [-0.2, -0.15) is 0 Å². The van der Waals surface area contributed by atoms with Gasteiger partial charge < -0.3 is 9.63 Å². The zero-order valence-corrected chi connectivity index (χ0v) is 14.5. The van der Waals surface area contributed by atoms with Crippen LogP contribution in [0.15, 0.2) is 40.9 Å². The number of hydrogen-bond acceptors (Lipinski definition) is 4. The van der Waals surface area contributed by atoms with Crippen molar-refractivity contribution in [2.75, 3.05) is 13.1 Å². The molecule has 1 N–H and O–H groups in total. The van der Waals surface area contributed by atoms with Gasteiger partial charge in [0.2, 0.25) is 0 Å². The highest BCUT2D eigenvalue weighted by atomic mass is 16.5. The SMILES string of the molecule is CCc1cc(CN2CCC([C@H](O)CCc3ccccc3)CC2)on1. The minimum atomic E-state index is -0.190. The van der Waals surface area contributed by atoms with Gasteiger partial charge >= 0.3 is 0 Å². The fourth-order valence-electron chi connectivity index (χ4n) is 3.51. The number of aromatic nitrogens is 1. The number of aryl methyl sites for hydroxylation is 2. The van der Waals surface area contributed by atoms with Crippen molar-refractivity contribution < 1.29 is 9.63 Å². The van der Waals surface area contributed by atoms with Crippen LogP contribution in [-0.2, 0) is 19.4 Å². The van der Waals surface area contributed by atoms with E-state index in [-0.39, 0.29) is 6.10 Å². The summed E-state index contributed by atoms with van der Waals surface area (Å²) < 4.78 is 5.38. The van der Waals surface area contributed by atoms with E-state index in [1.54, 1.807) is 0 Å². The summed E-state index contributed by atoms with van der Waals surface area (Å²) in [5.74, 6) is 1.38. The van der Waals surface area contributed by atoms with Crippen LogP contribution in [0.1, 0.15) is 43.2 Å². The Kier molecular flexibility index (Phi) is 6.05. The second-order valence-electron chi connectivity index (χ2n) is 6.84. The van der Waals surface area contributed by atoms with E-state index in [0.29, 0.717) is 5.92 Å². The molecule has 0 bridgehead atoms. The molecule has 4 nitrogen and oxygen atoms in total. The topological polar surface area (TPSA) is 49.5 Å². The van der Waals surface area contributed by atoms with E-state index >= 15 is 0 Å². The lowest BCUT2D eigenvalue weighted by Gasteiger charge is -2.33. The summed E-state index contributed by atoms with van der Waals surface area (Å²) >= 11 is 0. The standard InChI is InChI=1S/C20H28N2O2/c1-2-18-14-19(24-21-18)15-22-12-10-17(11-13-22)20(23)9-8-16-6-4-3-5-7-16/h3-7,14,17,20,23H,2,8-13,15H2,1H3/t20-/m1/s1. The zero-order valence-electron chi connectivity index (χ0n) is 14.5. The van der Waals surface area contributed by atoms with E-state index in [4.69, 9.17) is 4.52 Å². The first kappa shape index (κ1) is 17.2. The highest BCUT2D eigenvalue weighted by Gasteiger charge is 2.25. The molecule has 0 saturated carbocycles. The Morgan fingerprint density at radius 3 is 2.67 bits per heavy atom. The van der Waals surface area contributed by atoms with Crippen molar-refractivity contribution >= 4 is 0 Å². The molecule has 0 unspecified atom stereocenters. The molecule has 1 aliphatic rings. The number of hydrogen-bond donors (Lipinski definition) is 1. The quantitative estimate of drug-likeness (QED) is 0.846. The van der Waals surface area contributed by atoms with E-state index in [0.717, 1.165) is 63.2 Å². The molecule has 1 atom stereocenters. The molecule has 1 aliphatic heterocycles. The van der Waals surface area contributed by atoms with Gasteiger partial charge in [0.15, 0.2) is 5.76 Å². The summed E-state index contributed by atoms with van der Waals surface area (Å²) in [6, 6.07) is 12.5. The lowest BCUT2D eigenvalue weighted by Crippen LogP contribution is -2.37. The molecular formula is C20H28N2O2. The average molecular weight is 328 g/mol. The van der Waals surface area contributed by atoms with Gasteiger partial charge in [0, 0.05) is 6.07 Å². The van der Waals surface area contributed by atoms with Gasteiger partial charge in [0.25, 0.3) is 0 Å². The predicted octanol–water partition coefficient (Wildman–Crippen LogP) is 3.44. The highest BCUT2D eigenvalue weighted by molar-refractivity contribution is 5.14. The first-order chi connectivity index (χ1) is 11.7. The molecule has 0 spiro atoms. The van der Waals surface area contributed by atoms with Crippen LogP contribution >= 0.6 is 0 Å². The maximum Gasteiger partial charge on any atom is 0.150 e. The maximum atomic E-state index is 10.5. The smallest absolute Gasteiger partial charge is 0.150 e. The largest absolute Gasteiger partial charge is 0.393 e. The molecule has 24 heavy (non-hydrogen) atoms. The molecule has 1 aromatic heterocycles. The van der Waals surface area contributed by atoms with Crippen molar-refractivity contribution in [1.82, 2.24) is 10.1 Å². The fraction of sp³-hybridized carbons (Fsp3) is 0.550. The molecule has 1 saturated heterocycles. The van der Waals surface area contributed by atoms with Crippen LogP contribution < -0.4 is 0 Å². The van der Waals surface area contributed by atoms with E-state index in [2.05, 4.69) is 47.3 Å². The van der Waals surface area contributed by atoms with Crippen molar-refractivity contribution in [3.63, 3.8) is 0 Å². The van der Waals surface area contributed by atoms with Crippen molar-refractivity contribution in [2.45, 2.75) is 51.7 Å². The van der Waals surface area contributed by atoms with Gasteiger partial charge in [-0.3, -0.25) is 4.90 Å². The summed E-state index contributed by atoms with van der Waals surface area (Å²) in [7, 11) is 0. The van der Waals surface area contributed by atoms with Gasteiger partial charge in [0.05, 0.1) is 18.3 Å². The molecule has 3 rings (SSSR count). The first-order valence-corrected chi connectivity index (χ1v) is 9.13. The minimum absolute atomic E-state index is 0.190. The van der Waals surface area contributed by atoms with Crippen LogP contribution in [0.3, 0.4) is 0 Å². The second-order valence-corrected chi connectivity index (χ2v) is 6.84. The van der Waals surface area contributed by atoms with Crippen molar-refractivity contribution in [1.29, 1.82) is 0 Å². The number of benzene rings is 1. The highest BCUT2D eigenvalue weighted by Crippen LogP contribution is 2.24. The molecule has 1 aromatic carbocycles. The number of nitrogens with zero attached hydrogens (tertiary/aromatic N) is 2. The number of aliphatic hydroxyl groups is 1. The van der Waals surface area contributed by atoms with Gasteiger partial charge in [-0.05, 0) is 56.7 Å². The van der Waals surface area contributed by atoms with Crippen molar-refractivity contribution in [3.05, 3.63) is 53.4 Å². The van der Waals surface area contributed by atoms with Gasteiger partial charge in [0.1, 0.15) is 0 Å². The number of likely N-dealkylation sites (tertiary alicyclic amines) is 1. The molecule has 0 radical (unpaired) electrons. The molecule has 2 aromatic rings. The summed E-state index contributed by atoms with van der Waals surface area (Å²) in [6.45, 7) is 4.97. The Balaban J connectivity index is 1.41. The van der Waals surface area contributed by atoms with Crippen LogP contribution in [0.2, 0.25) is 0 Å². The van der Waals surface area contributed by atoms with Crippen LogP contribution in [0.25, 0.3) is 0 Å². The van der Waals surface area contributed by atoms with Crippen LogP contribution in [0.5, 0.6) is 0 Å². The second kappa shape index (κ2) is 8.45. The van der Waals surface area contributed by atoms with E-state index in [9.17, 15) is 5.11 Å². The predicted molar refractivity (Wildman–Crippen MR) is 94.7 cm³/mol. The first-order valence-electron chi connectivity index (χ1n) is 9.13. The molecule has 2 heterocycles. The molecular weight excluding hydrogens is 300 g/mol. The third kappa shape index (κ3) is 4.68. The Labute approximate surface area is 144 Å².